The van der Waals surface area contributed by atoms with Crippen molar-refractivity contribution in [3.8, 4) is 0 Å². The normalized spacial score (nSPS) is 22.3. The molecule has 19 heavy (non-hydrogen) atoms. The Morgan fingerprint density at radius 1 is 1.16 bits per heavy atom. The zero-order chi connectivity index (χ0) is 14.0. The summed E-state index contributed by atoms with van der Waals surface area (Å²) in [6.07, 6.45) is -2.65. The monoisotopic (exact) mass is 272 g/mol. The van der Waals surface area contributed by atoms with Crippen LogP contribution in [-0.4, -0.2) is 10.9 Å². The van der Waals surface area contributed by atoms with Crippen LogP contribution in [0.1, 0.15) is 42.9 Å². The first-order valence-corrected chi connectivity index (χ1v) is 6.27. The summed E-state index contributed by atoms with van der Waals surface area (Å²) in [5.74, 6) is -0.482. The van der Waals surface area contributed by atoms with E-state index in [1.54, 1.807) is 0 Å². The van der Waals surface area contributed by atoms with Crippen molar-refractivity contribution < 1.29 is 23.1 Å². The molecule has 1 aliphatic carbocycles. The van der Waals surface area contributed by atoms with Gasteiger partial charge in [0.15, 0.2) is 0 Å². The van der Waals surface area contributed by atoms with Gasteiger partial charge in [-0.2, -0.15) is 13.2 Å². The fraction of sp³-hybridized carbons (Fsp3) is 0.500. The van der Waals surface area contributed by atoms with Crippen LogP contribution in [0.5, 0.6) is 0 Å². The van der Waals surface area contributed by atoms with Crippen molar-refractivity contribution in [2.75, 3.05) is 0 Å². The molecule has 1 aromatic carbocycles. The Bertz CT molecular complexity index is 451. The van der Waals surface area contributed by atoms with Gasteiger partial charge >= 0.3 is 6.18 Å². The van der Waals surface area contributed by atoms with Crippen LogP contribution in [0.25, 0.3) is 0 Å². The molecule has 2 atom stereocenters. The second-order valence-electron chi connectivity index (χ2n) is 4.88. The van der Waals surface area contributed by atoms with Gasteiger partial charge in [-0.1, -0.05) is 18.6 Å². The highest BCUT2D eigenvalue weighted by atomic mass is 19.4. The van der Waals surface area contributed by atoms with Crippen LogP contribution in [0.15, 0.2) is 24.3 Å². The molecule has 0 amide bonds. The molecule has 5 heteroatoms. The summed E-state index contributed by atoms with van der Waals surface area (Å²) in [5.41, 5.74) is -0.383. The minimum Gasteiger partial charge on any atom is -0.388 e. The zero-order valence-corrected chi connectivity index (χ0v) is 10.3. The predicted octanol–water partition coefficient (Wildman–Crippen LogP) is 3.50. The predicted molar refractivity (Wildman–Crippen MR) is 63.4 cm³/mol. The molecular weight excluding hydrogens is 257 g/mol. The Labute approximate surface area is 109 Å². The molecule has 1 aromatic rings. The topological polar surface area (TPSA) is 37.3 Å². The van der Waals surface area contributed by atoms with Gasteiger partial charge in [0.1, 0.15) is 5.78 Å². The number of aliphatic hydroxyl groups excluding tert-OH is 1. The third-order valence-electron chi connectivity index (χ3n) is 3.56. The van der Waals surface area contributed by atoms with Crippen LogP contribution < -0.4 is 0 Å². The number of hydrogen-bond acceptors (Lipinski definition) is 2. The molecule has 0 saturated heterocycles. The third-order valence-corrected chi connectivity index (χ3v) is 3.56. The van der Waals surface area contributed by atoms with E-state index in [0.717, 1.165) is 25.0 Å². The number of carbonyl (C=O) groups is 1. The van der Waals surface area contributed by atoms with Gasteiger partial charge in [-0.05, 0) is 30.5 Å². The molecule has 0 bridgehead atoms. The molecule has 1 N–H and O–H groups in total. The van der Waals surface area contributed by atoms with Crippen LogP contribution in [0.4, 0.5) is 13.2 Å². The first-order valence-electron chi connectivity index (χ1n) is 6.27. The number of rotatable bonds is 2. The maximum atomic E-state index is 12.4. The summed E-state index contributed by atoms with van der Waals surface area (Å²) in [6, 6.07) is 4.36. The van der Waals surface area contributed by atoms with Gasteiger partial charge in [-0.25, -0.2) is 0 Å². The van der Waals surface area contributed by atoms with Crippen molar-refractivity contribution in [3.63, 3.8) is 0 Å². The lowest BCUT2D eigenvalue weighted by atomic mass is 9.81. The van der Waals surface area contributed by atoms with Crippen molar-refractivity contribution >= 4 is 5.78 Å². The molecule has 0 heterocycles. The second kappa shape index (κ2) is 5.33. The maximum absolute atomic E-state index is 12.4. The lowest BCUT2D eigenvalue weighted by Gasteiger charge is -2.25. The van der Waals surface area contributed by atoms with E-state index >= 15 is 0 Å². The van der Waals surface area contributed by atoms with E-state index in [1.165, 1.54) is 12.1 Å². The summed E-state index contributed by atoms with van der Waals surface area (Å²) in [6.45, 7) is 0. The molecule has 0 aliphatic heterocycles. The Hall–Kier alpha value is -1.36. The quantitative estimate of drug-likeness (QED) is 0.894. The number of carbonyl (C=O) groups excluding carboxylic acids is 1. The van der Waals surface area contributed by atoms with Gasteiger partial charge in [-0.3, -0.25) is 4.79 Å². The number of alkyl halides is 3. The van der Waals surface area contributed by atoms with Gasteiger partial charge < -0.3 is 5.11 Å². The van der Waals surface area contributed by atoms with Crippen molar-refractivity contribution in [3.05, 3.63) is 35.4 Å². The Kier molecular flexibility index (Phi) is 3.94. The fourth-order valence-corrected chi connectivity index (χ4v) is 2.45. The molecule has 1 fully saturated rings. The maximum Gasteiger partial charge on any atom is 0.416 e. The smallest absolute Gasteiger partial charge is 0.388 e. The van der Waals surface area contributed by atoms with Gasteiger partial charge in [0.25, 0.3) is 0 Å². The Morgan fingerprint density at radius 3 is 2.32 bits per heavy atom. The van der Waals surface area contributed by atoms with Gasteiger partial charge in [0, 0.05) is 12.3 Å². The van der Waals surface area contributed by atoms with Crippen molar-refractivity contribution in [2.45, 2.75) is 38.0 Å². The number of Topliss-reactive ketones (excluding diaryl/α,β-unsaturated/α-hetero) is 1. The molecule has 1 aliphatic rings. The number of halogens is 3. The average Bonchev–Trinajstić information content (AvgIpc) is 2.38. The van der Waals surface area contributed by atoms with Crippen LogP contribution in [-0.2, 0) is 11.0 Å². The molecule has 0 aromatic heterocycles. The Balaban J connectivity index is 2.15. The van der Waals surface area contributed by atoms with E-state index in [-0.39, 0.29) is 5.78 Å². The molecule has 2 rings (SSSR count). The zero-order valence-electron chi connectivity index (χ0n) is 10.3. The number of hydrogen-bond donors (Lipinski definition) is 1. The fourth-order valence-electron chi connectivity index (χ4n) is 2.45. The van der Waals surface area contributed by atoms with E-state index in [4.69, 9.17) is 0 Å². The van der Waals surface area contributed by atoms with E-state index in [9.17, 15) is 23.1 Å². The van der Waals surface area contributed by atoms with E-state index in [0.29, 0.717) is 18.4 Å². The van der Waals surface area contributed by atoms with Gasteiger partial charge in [-0.15, -0.1) is 0 Å². The first kappa shape index (κ1) is 14.1. The minimum absolute atomic E-state index is 0.00125. The lowest BCUT2D eigenvalue weighted by molar-refractivity contribution is -0.137. The van der Waals surface area contributed by atoms with Crippen LogP contribution in [0.2, 0.25) is 0 Å². The number of aliphatic hydroxyl groups is 1. The lowest BCUT2D eigenvalue weighted by Crippen LogP contribution is -2.25. The molecule has 104 valence electrons. The molecule has 1 saturated carbocycles. The van der Waals surface area contributed by atoms with E-state index in [1.807, 2.05) is 0 Å². The highest BCUT2D eigenvalue weighted by molar-refractivity contribution is 5.82. The number of ketones is 1. The van der Waals surface area contributed by atoms with Gasteiger partial charge in [0.05, 0.1) is 11.7 Å². The van der Waals surface area contributed by atoms with Crippen molar-refractivity contribution in [1.29, 1.82) is 0 Å². The summed E-state index contributed by atoms with van der Waals surface area (Å²) >= 11 is 0. The standard InChI is InChI=1S/C14H15F3O2/c15-14(16,17)10-7-5-9(6-8-10)13(19)11-3-1-2-4-12(11)18/h5-8,11,13,19H,1-4H2/t11-,13-/m1/s1. The summed E-state index contributed by atoms with van der Waals surface area (Å²) < 4.78 is 37.3. The third kappa shape index (κ3) is 3.15. The SMILES string of the molecule is O=C1CCCC[C@H]1[C@H](O)c1ccc(C(F)(F)F)cc1. The van der Waals surface area contributed by atoms with Crippen LogP contribution in [0, 0.1) is 5.92 Å². The molecule has 0 unspecified atom stereocenters. The molecule has 2 nitrogen and oxygen atoms in total. The first-order chi connectivity index (χ1) is 8.89. The molecular formula is C14H15F3O2. The van der Waals surface area contributed by atoms with E-state index < -0.39 is 23.8 Å². The average molecular weight is 272 g/mol. The number of benzene rings is 1. The summed E-state index contributed by atoms with van der Waals surface area (Å²) in [5, 5.41) is 10.1. The second-order valence-corrected chi connectivity index (χ2v) is 4.88. The molecule has 0 radical (unpaired) electrons. The summed E-state index contributed by atoms with van der Waals surface area (Å²) in [4.78, 5) is 11.7. The Morgan fingerprint density at radius 2 is 1.79 bits per heavy atom. The molecule has 0 spiro atoms. The van der Waals surface area contributed by atoms with Crippen molar-refractivity contribution in [1.82, 2.24) is 0 Å². The van der Waals surface area contributed by atoms with Crippen LogP contribution in [0.3, 0.4) is 0 Å². The minimum atomic E-state index is -4.38. The highest BCUT2D eigenvalue weighted by Gasteiger charge is 2.32. The summed E-state index contributed by atoms with van der Waals surface area (Å²) in [7, 11) is 0. The highest BCUT2D eigenvalue weighted by Crippen LogP contribution is 2.34. The van der Waals surface area contributed by atoms with Crippen molar-refractivity contribution in [2.24, 2.45) is 5.92 Å². The van der Waals surface area contributed by atoms with Gasteiger partial charge in [0.2, 0.25) is 0 Å². The van der Waals surface area contributed by atoms with E-state index in [2.05, 4.69) is 0 Å². The largest absolute Gasteiger partial charge is 0.416 e. The van der Waals surface area contributed by atoms with Crippen LogP contribution >= 0.6 is 0 Å².